The van der Waals surface area contributed by atoms with Crippen molar-refractivity contribution in [2.45, 2.75) is 45.2 Å². The van der Waals surface area contributed by atoms with Gasteiger partial charge in [0.05, 0.1) is 6.04 Å². The molecule has 1 saturated heterocycles. The molecule has 1 aliphatic rings. The second-order valence-corrected chi connectivity index (χ2v) is 8.44. The molecule has 2 aromatic heterocycles. The van der Waals surface area contributed by atoms with E-state index in [1.807, 2.05) is 18.5 Å². The Balaban J connectivity index is 1.31. The van der Waals surface area contributed by atoms with Gasteiger partial charge in [0.1, 0.15) is 5.82 Å². The van der Waals surface area contributed by atoms with Gasteiger partial charge < -0.3 is 9.42 Å². The van der Waals surface area contributed by atoms with E-state index in [-0.39, 0.29) is 11.9 Å². The van der Waals surface area contributed by atoms with Crippen LogP contribution in [-0.2, 0) is 6.42 Å². The van der Waals surface area contributed by atoms with Crippen molar-refractivity contribution < 1.29 is 8.91 Å². The van der Waals surface area contributed by atoms with Gasteiger partial charge in [0.25, 0.3) is 0 Å². The van der Waals surface area contributed by atoms with E-state index in [4.69, 9.17) is 4.52 Å². The van der Waals surface area contributed by atoms with Crippen molar-refractivity contribution in [2.75, 3.05) is 26.7 Å². The van der Waals surface area contributed by atoms with Crippen LogP contribution in [-0.4, -0.2) is 57.6 Å². The van der Waals surface area contributed by atoms with Crippen molar-refractivity contribution in [2.24, 2.45) is 0 Å². The lowest BCUT2D eigenvalue weighted by molar-refractivity contribution is 0.0894. The fraction of sp³-hybridized carbons (Fsp3) is 0.458. The lowest BCUT2D eigenvalue weighted by Crippen LogP contribution is -2.44. The summed E-state index contributed by atoms with van der Waals surface area (Å²) in [5, 5.41) is 4.08. The Morgan fingerprint density at radius 2 is 1.94 bits per heavy atom. The topological polar surface area (TPSA) is 58.3 Å². The minimum Gasteiger partial charge on any atom is -0.337 e. The van der Waals surface area contributed by atoms with E-state index in [9.17, 15) is 4.39 Å². The molecule has 7 heteroatoms. The van der Waals surface area contributed by atoms with Crippen LogP contribution in [0.5, 0.6) is 0 Å². The first kappa shape index (κ1) is 21.6. The third-order valence-electron chi connectivity index (χ3n) is 6.44. The lowest BCUT2D eigenvalue weighted by Gasteiger charge is -2.38. The molecule has 4 rings (SSSR count). The molecule has 1 fully saturated rings. The van der Waals surface area contributed by atoms with Crippen molar-refractivity contribution >= 4 is 0 Å². The lowest BCUT2D eigenvalue weighted by atomic mass is 10.0. The van der Waals surface area contributed by atoms with E-state index in [0.29, 0.717) is 28.9 Å². The summed E-state index contributed by atoms with van der Waals surface area (Å²) in [5.74, 6) is 0.739. The van der Waals surface area contributed by atoms with Crippen LogP contribution in [0, 0.1) is 12.7 Å². The van der Waals surface area contributed by atoms with E-state index in [0.717, 1.165) is 38.9 Å². The van der Waals surface area contributed by atoms with Gasteiger partial charge in [0.15, 0.2) is 0 Å². The molecular weight excluding hydrogens is 393 g/mol. The summed E-state index contributed by atoms with van der Waals surface area (Å²) in [6, 6.07) is 9.67. The van der Waals surface area contributed by atoms with Crippen molar-refractivity contribution in [1.82, 2.24) is 24.9 Å². The van der Waals surface area contributed by atoms with Gasteiger partial charge >= 0.3 is 0 Å². The quantitative estimate of drug-likeness (QED) is 0.565. The minimum atomic E-state index is -0.260. The number of benzene rings is 1. The molecule has 164 valence electrons. The second-order valence-electron chi connectivity index (χ2n) is 8.44. The molecule has 0 N–H and O–H groups in total. The number of aromatic nitrogens is 3. The Labute approximate surface area is 183 Å². The van der Waals surface area contributed by atoms with E-state index in [1.54, 1.807) is 13.0 Å². The first-order valence-corrected chi connectivity index (χ1v) is 10.9. The van der Waals surface area contributed by atoms with Gasteiger partial charge in [-0.2, -0.15) is 4.98 Å². The molecule has 1 aromatic carbocycles. The minimum absolute atomic E-state index is 0.00455. The molecule has 6 nitrogen and oxygen atoms in total. The highest BCUT2D eigenvalue weighted by Crippen LogP contribution is 2.27. The third kappa shape index (κ3) is 5.17. The highest BCUT2D eigenvalue weighted by molar-refractivity contribution is 5.55. The Kier molecular flexibility index (Phi) is 6.73. The zero-order valence-corrected chi connectivity index (χ0v) is 18.5. The number of rotatable bonds is 7. The number of hydrogen-bond donors (Lipinski definition) is 0. The van der Waals surface area contributed by atoms with Gasteiger partial charge in [-0.1, -0.05) is 17.3 Å². The maximum atomic E-state index is 13.9. The summed E-state index contributed by atoms with van der Waals surface area (Å²) < 4.78 is 19.4. The van der Waals surface area contributed by atoms with Crippen LogP contribution < -0.4 is 0 Å². The summed E-state index contributed by atoms with van der Waals surface area (Å²) in [6.45, 7) is 7.08. The van der Waals surface area contributed by atoms with Crippen molar-refractivity contribution in [3.05, 3.63) is 65.6 Å². The van der Waals surface area contributed by atoms with Gasteiger partial charge in [0, 0.05) is 30.5 Å². The van der Waals surface area contributed by atoms with Crippen LogP contribution in [0.2, 0.25) is 0 Å². The molecular formula is C24H30FN5O. The highest BCUT2D eigenvalue weighted by atomic mass is 19.1. The molecule has 0 saturated carbocycles. The molecule has 3 heterocycles. The standard InChI is InChI=1S/C24H30FN5O/c1-17-4-5-20(16-22(17)25)23-27-24(31-28-23)18(2)29(3)21-9-14-30(15-10-21)13-8-19-6-11-26-12-7-19/h4-7,11-12,16,18,21H,8-10,13-15H2,1-3H3/t18-/m1/s1. The SMILES string of the molecule is Cc1ccc(-c2noc([C@@H](C)N(C)C3CCN(CCc4ccncc4)CC3)n2)cc1F. The van der Waals surface area contributed by atoms with Gasteiger partial charge in [-0.25, -0.2) is 4.39 Å². The predicted molar refractivity (Wildman–Crippen MR) is 118 cm³/mol. The number of pyridine rings is 1. The number of piperidine rings is 1. The van der Waals surface area contributed by atoms with Crippen LogP contribution in [0.3, 0.4) is 0 Å². The zero-order valence-electron chi connectivity index (χ0n) is 18.5. The molecule has 0 unspecified atom stereocenters. The monoisotopic (exact) mass is 423 g/mol. The van der Waals surface area contributed by atoms with Crippen LogP contribution in [0.25, 0.3) is 11.4 Å². The summed E-state index contributed by atoms with van der Waals surface area (Å²) in [4.78, 5) is 13.5. The molecule has 31 heavy (non-hydrogen) atoms. The summed E-state index contributed by atoms with van der Waals surface area (Å²) >= 11 is 0. The Morgan fingerprint density at radius 3 is 2.65 bits per heavy atom. The van der Waals surface area contributed by atoms with E-state index in [1.165, 1.54) is 11.6 Å². The Morgan fingerprint density at radius 1 is 1.19 bits per heavy atom. The van der Waals surface area contributed by atoms with Crippen molar-refractivity contribution in [3.8, 4) is 11.4 Å². The molecule has 0 bridgehead atoms. The zero-order chi connectivity index (χ0) is 21.8. The second kappa shape index (κ2) is 9.66. The molecule has 0 amide bonds. The Hall–Kier alpha value is -2.64. The molecule has 3 aromatic rings. The number of aryl methyl sites for hydroxylation is 1. The van der Waals surface area contributed by atoms with Crippen molar-refractivity contribution in [3.63, 3.8) is 0 Å². The fourth-order valence-corrected chi connectivity index (χ4v) is 4.13. The van der Waals surface area contributed by atoms with E-state index in [2.05, 4.69) is 51.0 Å². The molecule has 1 atom stereocenters. The summed E-state index contributed by atoms with van der Waals surface area (Å²) in [5.41, 5.74) is 2.58. The number of likely N-dealkylation sites (tertiary alicyclic amines) is 1. The van der Waals surface area contributed by atoms with E-state index < -0.39 is 0 Å². The predicted octanol–water partition coefficient (Wildman–Crippen LogP) is 4.28. The van der Waals surface area contributed by atoms with Crippen LogP contribution >= 0.6 is 0 Å². The maximum Gasteiger partial charge on any atom is 0.244 e. The first-order valence-electron chi connectivity index (χ1n) is 10.9. The van der Waals surface area contributed by atoms with Gasteiger partial charge in [-0.05, 0) is 82.6 Å². The summed E-state index contributed by atoms with van der Waals surface area (Å²) in [7, 11) is 2.12. The molecule has 0 aliphatic carbocycles. The van der Waals surface area contributed by atoms with Gasteiger partial charge in [-0.3, -0.25) is 9.88 Å². The van der Waals surface area contributed by atoms with Gasteiger partial charge in [0.2, 0.25) is 11.7 Å². The Bertz CT molecular complexity index is 985. The summed E-state index contributed by atoms with van der Waals surface area (Å²) in [6.07, 6.45) is 7.00. The van der Waals surface area contributed by atoms with Crippen molar-refractivity contribution in [1.29, 1.82) is 0 Å². The third-order valence-corrected chi connectivity index (χ3v) is 6.44. The highest BCUT2D eigenvalue weighted by Gasteiger charge is 2.28. The first-order chi connectivity index (χ1) is 15.0. The van der Waals surface area contributed by atoms with Crippen LogP contribution in [0.4, 0.5) is 4.39 Å². The van der Waals surface area contributed by atoms with Gasteiger partial charge in [-0.15, -0.1) is 0 Å². The van der Waals surface area contributed by atoms with Crippen LogP contribution in [0.1, 0.15) is 42.8 Å². The number of nitrogens with zero attached hydrogens (tertiary/aromatic N) is 5. The maximum absolute atomic E-state index is 13.9. The smallest absolute Gasteiger partial charge is 0.244 e. The normalized spacial score (nSPS) is 16.7. The molecule has 0 spiro atoms. The molecule has 0 radical (unpaired) electrons. The van der Waals surface area contributed by atoms with E-state index >= 15 is 0 Å². The average Bonchev–Trinajstić information content (AvgIpc) is 3.30. The fourth-order valence-electron chi connectivity index (χ4n) is 4.13. The largest absolute Gasteiger partial charge is 0.337 e. The number of halogens is 1. The number of hydrogen-bond acceptors (Lipinski definition) is 6. The van der Waals surface area contributed by atoms with Crippen LogP contribution in [0.15, 0.2) is 47.2 Å². The molecule has 1 aliphatic heterocycles. The average molecular weight is 424 g/mol.